The van der Waals surface area contributed by atoms with Crippen LogP contribution in [0.5, 0.6) is 0 Å². The number of carboxylic acid groups (broad SMARTS) is 1. The van der Waals surface area contributed by atoms with Gasteiger partial charge in [0.05, 0.1) is 0 Å². The largest absolute Gasteiger partial charge is 0.480 e. The van der Waals surface area contributed by atoms with Gasteiger partial charge in [-0.2, -0.15) is 0 Å². The first kappa shape index (κ1) is 17.4. The summed E-state index contributed by atoms with van der Waals surface area (Å²) in [6.45, 7) is 14.0. The molecule has 2 unspecified atom stereocenters. The molecule has 4 nitrogen and oxygen atoms in total. The molecule has 0 fully saturated rings. The Morgan fingerprint density at radius 2 is 1.89 bits per heavy atom. The third-order valence-electron chi connectivity index (χ3n) is 3.45. The lowest BCUT2D eigenvalue weighted by atomic mass is 9.92. The Morgan fingerprint density at radius 3 is 2.22 bits per heavy atom. The maximum absolute atomic E-state index is 11.4. The van der Waals surface area contributed by atoms with Crippen LogP contribution in [0.2, 0.25) is 0 Å². The van der Waals surface area contributed by atoms with Crippen molar-refractivity contribution in [2.24, 2.45) is 0 Å². The predicted octanol–water partition coefficient (Wildman–Crippen LogP) is 2.34. The molecule has 2 N–H and O–H groups in total. The topological polar surface area (TPSA) is 52.6 Å². The van der Waals surface area contributed by atoms with Gasteiger partial charge in [-0.3, -0.25) is 9.69 Å². The smallest absolute Gasteiger partial charge is 0.323 e. The Labute approximate surface area is 112 Å². The molecule has 108 valence electrons. The SMILES string of the molecule is CCCN(C(C)C)C(C)CC(C)(NCC)C(=O)O. The molecule has 0 radical (unpaired) electrons. The number of hydrogen-bond donors (Lipinski definition) is 2. The van der Waals surface area contributed by atoms with Crippen LogP contribution in [0.3, 0.4) is 0 Å². The fraction of sp³-hybridized carbons (Fsp3) is 0.929. The van der Waals surface area contributed by atoms with Crippen LogP contribution in [-0.2, 0) is 4.79 Å². The summed E-state index contributed by atoms with van der Waals surface area (Å²) < 4.78 is 0. The molecule has 18 heavy (non-hydrogen) atoms. The number of aliphatic carboxylic acids is 1. The van der Waals surface area contributed by atoms with Crippen LogP contribution in [-0.4, -0.2) is 46.7 Å². The van der Waals surface area contributed by atoms with Crippen LogP contribution in [0.25, 0.3) is 0 Å². The van der Waals surface area contributed by atoms with E-state index in [1.165, 1.54) is 0 Å². The number of rotatable bonds is 9. The Balaban J connectivity index is 4.75. The summed E-state index contributed by atoms with van der Waals surface area (Å²) in [6, 6.07) is 0.699. The number of nitrogens with zero attached hydrogens (tertiary/aromatic N) is 1. The van der Waals surface area contributed by atoms with E-state index in [4.69, 9.17) is 0 Å². The first-order chi connectivity index (χ1) is 8.28. The number of carbonyl (C=O) groups is 1. The first-order valence-electron chi connectivity index (χ1n) is 7.02. The maximum Gasteiger partial charge on any atom is 0.323 e. The van der Waals surface area contributed by atoms with Crippen molar-refractivity contribution in [3.8, 4) is 0 Å². The second kappa shape index (κ2) is 7.74. The van der Waals surface area contributed by atoms with Crippen molar-refractivity contribution < 1.29 is 9.90 Å². The van der Waals surface area contributed by atoms with Gasteiger partial charge in [0.15, 0.2) is 0 Å². The summed E-state index contributed by atoms with van der Waals surface area (Å²) in [5.41, 5.74) is -0.838. The average Bonchev–Trinajstić information content (AvgIpc) is 2.25. The van der Waals surface area contributed by atoms with E-state index in [1.807, 2.05) is 6.92 Å². The van der Waals surface area contributed by atoms with Crippen LogP contribution in [0.4, 0.5) is 0 Å². The summed E-state index contributed by atoms with van der Waals surface area (Å²) in [6.07, 6.45) is 1.71. The number of carboxylic acids is 1. The second-order valence-electron chi connectivity index (χ2n) is 5.55. The van der Waals surface area contributed by atoms with Gasteiger partial charge < -0.3 is 10.4 Å². The molecular formula is C14H30N2O2. The van der Waals surface area contributed by atoms with Gasteiger partial charge in [0, 0.05) is 12.1 Å². The quantitative estimate of drug-likeness (QED) is 0.666. The maximum atomic E-state index is 11.4. The van der Waals surface area contributed by atoms with Crippen molar-refractivity contribution in [3.05, 3.63) is 0 Å². The molecule has 4 heteroatoms. The summed E-state index contributed by atoms with van der Waals surface area (Å²) in [7, 11) is 0. The van der Waals surface area contributed by atoms with Gasteiger partial charge in [-0.05, 0) is 53.6 Å². The van der Waals surface area contributed by atoms with E-state index in [-0.39, 0.29) is 6.04 Å². The van der Waals surface area contributed by atoms with E-state index in [9.17, 15) is 9.90 Å². The van der Waals surface area contributed by atoms with Crippen LogP contribution in [0.1, 0.15) is 54.4 Å². The molecule has 0 rings (SSSR count). The van der Waals surface area contributed by atoms with Crippen LogP contribution < -0.4 is 5.32 Å². The third-order valence-corrected chi connectivity index (χ3v) is 3.45. The van der Waals surface area contributed by atoms with Crippen molar-refractivity contribution in [2.45, 2.75) is 72.0 Å². The molecule has 0 amide bonds. The van der Waals surface area contributed by atoms with Crippen LogP contribution in [0, 0.1) is 0 Å². The molecule has 0 bridgehead atoms. The van der Waals surface area contributed by atoms with Crippen molar-refractivity contribution >= 4 is 5.97 Å². The lowest BCUT2D eigenvalue weighted by Crippen LogP contribution is -2.54. The monoisotopic (exact) mass is 258 g/mol. The molecule has 0 aromatic carbocycles. The van der Waals surface area contributed by atoms with E-state index < -0.39 is 11.5 Å². The minimum Gasteiger partial charge on any atom is -0.480 e. The molecule has 0 aromatic heterocycles. The molecule has 0 aliphatic rings. The van der Waals surface area contributed by atoms with Gasteiger partial charge in [-0.25, -0.2) is 0 Å². The van der Waals surface area contributed by atoms with Crippen molar-refractivity contribution in [2.75, 3.05) is 13.1 Å². The van der Waals surface area contributed by atoms with Crippen molar-refractivity contribution in [3.63, 3.8) is 0 Å². The zero-order chi connectivity index (χ0) is 14.3. The average molecular weight is 258 g/mol. The van der Waals surface area contributed by atoms with E-state index in [0.717, 1.165) is 13.0 Å². The van der Waals surface area contributed by atoms with Gasteiger partial charge in [0.2, 0.25) is 0 Å². The van der Waals surface area contributed by atoms with E-state index in [1.54, 1.807) is 6.92 Å². The molecule has 0 saturated heterocycles. The molecule has 0 heterocycles. The minimum absolute atomic E-state index is 0.255. The van der Waals surface area contributed by atoms with E-state index in [2.05, 4.69) is 37.9 Å². The second-order valence-corrected chi connectivity index (χ2v) is 5.55. The molecule has 0 aliphatic carbocycles. The predicted molar refractivity (Wildman–Crippen MR) is 75.9 cm³/mol. The van der Waals surface area contributed by atoms with Gasteiger partial charge in [-0.1, -0.05) is 13.8 Å². The number of likely N-dealkylation sites (N-methyl/N-ethyl adjacent to an activating group) is 1. The highest BCUT2D eigenvalue weighted by molar-refractivity contribution is 5.78. The summed E-state index contributed by atoms with van der Waals surface area (Å²) >= 11 is 0. The Hall–Kier alpha value is -0.610. The van der Waals surface area contributed by atoms with Crippen molar-refractivity contribution in [1.82, 2.24) is 10.2 Å². The Bertz CT molecular complexity index is 256. The Morgan fingerprint density at radius 1 is 1.33 bits per heavy atom. The number of nitrogens with one attached hydrogen (secondary N) is 1. The van der Waals surface area contributed by atoms with Crippen LogP contribution >= 0.6 is 0 Å². The van der Waals surface area contributed by atoms with Gasteiger partial charge in [0.1, 0.15) is 5.54 Å². The normalized spacial score (nSPS) is 16.9. The third kappa shape index (κ3) is 4.94. The van der Waals surface area contributed by atoms with Gasteiger partial charge >= 0.3 is 5.97 Å². The summed E-state index contributed by atoms with van der Waals surface area (Å²) in [4.78, 5) is 13.8. The molecule has 0 aromatic rings. The van der Waals surface area contributed by atoms with Gasteiger partial charge in [-0.15, -0.1) is 0 Å². The number of hydrogen-bond acceptors (Lipinski definition) is 3. The Kier molecular flexibility index (Phi) is 7.48. The fourth-order valence-electron chi connectivity index (χ4n) is 2.58. The molecule has 0 spiro atoms. The zero-order valence-corrected chi connectivity index (χ0v) is 12.8. The molecule has 0 saturated carbocycles. The molecule has 2 atom stereocenters. The molecule has 0 aliphatic heterocycles. The van der Waals surface area contributed by atoms with E-state index >= 15 is 0 Å². The molecular weight excluding hydrogens is 228 g/mol. The first-order valence-corrected chi connectivity index (χ1v) is 7.02. The lowest BCUT2D eigenvalue weighted by Gasteiger charge is -2.37. The van der Waals surface area contributed by atoms with E-state index in [0.29, 0.717) is 19.0 Å². The fourth-order valence-corrected chi connectivity index (χ4v) is 2.58. The highest BCUT2D eigenvalue weighted by Gasteiger charge is 2.35. The standard InChI is InChI=1S/C14H30N2O2/c1-7-9-16(11(3)4)12(5)10-14(6,13(17)18)15-8-2/h11-12,15H,7-10H2,1-6H3,(H,17,18). The van der Waals surface area contributed by atoms with Gasteiger partial charge in [0.25, 0.3) is 0 Å². The summed E-state index contributed by atoms with van der Waals surface area (Å²) in [5.74, 6) is -0.767. The lowest BCUT2D eigenvalue weighted by molar-refractivity contribution is -0.145. The zero-order valence-electron chi connectivity index (χ0n) is 12.8. The van der Waals surface area contributed by atoms with Crippen molar-refractivity contribution in [1.29, 1.82) is 0 Å². The highest BCUT2D eigenvalue weighted by Crippen LogP contribution is 2.19. The minimum atomic E-state index is -0.838. The van der Waals surface area contributed by atoms with Crippen LogP contribution in [0.15, 0.2) is 0 Å². The highest BCUT2D eigenvalue weighted by atomic mass is 16.4. The summed E-state index contributed by atoms with van der Waals surface area (Å²) in [5, 5.41) is 12.5.